The molecule has 0 saturated heterocycles. The van der Waals surface area contributed by atoms with Crippen LogP contribution in [0.3, 0.4) is 0 Å². The van der Waals surface area contributed by atoms with Gasteiger partial charge in [0.1, 0.15) is 6.61 Å². The van der Waals surface area contributed by atoms with Crippen LogP contribution < -0.4 is 0 Å². The van der Waals surface area contributed by atoms with Crippen LogP contribution in [0.4, 0.5) is 8.78 Å². The van der Waals surface area contributed by atoms with E-state index in [1.54, 1.807) is 0 Å². The first kappa shape index (κ1) is 10.9. The zero-order valence-corrected chi connectivity index (χ0v) is 7.72. The third-order valence-electron chi connectivity index (χ3n) is 1.60. The smallest absolute Gasteiger partial charge is 0.417 e. The van der Waals surface area contributed by atoms with Gasteiger partial charge in [-0.1, -0.05) is 23.7 Å². The lowest BCUT2D eigenvalue weighted by molar-refractivity contribution is 0.151. The van der Waals surface area contributed by atoms with E-state index in [1.165, 1.54) is 24.7 Å². The molecule has 0 bridgehead atoms. The Bertz CT molecular complexity index is 329. The Hall–Kier alpha value is -1.16. The van der Waals surface area contributed by atoms with Crippen LogP contribution >= 0.6 is 11.6 Å². The Kier molecular flexibility index (Phi) is 3.83. The molecule has 2 nitrogen and oxygen atoms in total. The third kappa shape index (κ3) is 2.67. The van der Waals surface area contributed by atoms with Crippen LogP contribution in [0.2, 0.25) is 5.02 Å². The highest BCUT2D eigenvalue weighted by molar-refractivity contribution is 6.31. The van der Waals surface area contributed by atoms with Crippen molar-refractivity contribution in [1.82, 2.24) is 0 Å². The van der Waals surface area contributed by atoms with E-state index in [2.05, 4.69) is 4.74 Å². The number of halogens is 3. The lowest BCUT2D eigenvalue weighted by Gasteiger charge is -2.04. The quantitative estimate of drug-likeness (QED) is 0.778. The van der Waals surface area contributed by atoms with Gasteiger partial charge in [0.15, 0.2) is 0 Å². The molecule has 0 aliphatic heterocycles. The number of hydrogen-bond donors (Lipinski definition) is 0. The molecule has 0 aliphatic carbocycles. The van der Waals surface area contributed by atoms with E-state index in [0.29, 0.717) is 5.56 Å². The Morgan fingerprint density at radius 3 is 2.71 bits per heavy atom. The van der Waals surface area contributed by atoms with E-state index in [-0.39, 0.29) is 17.2 Å². The topological polar surface area (TPSA) is 26.3 Å². The lowest BCUT2D eigenvalue weighted by atomic mass is 10.1. The fraction of sp³-hybridized carbons (Fsp3) is 0.222. The monoisotopic (exact) mass is 219 g/mol. The number of ether oxygens (including phenoxy) is 1. The molecule has 0 aromatic heterocycles. The molecule has 1 aromatic rings. The van der Waals surface area contributed by atoms with Crippen molar-refractivity contribution in [1.29, 1.82) is 0 Å². The predicted octanol–water partition coefficient (Wildman–Crippen LogP) is 2.86. The summed E-state index contributed by atoms with van der Waals surface area (Å²) in [5, 5.41) is -0.0352. The molecule has 0 heterocycles. The van der Waals surface area contributed by atoms with Crippen molar-refractivity contribution < 1.29 is 18.3 Å². The van der Waals surface area contributed by atoms with Crippen LogP contribution in [0.25, 0.3) is 0 Å². The first-order valence-electron chi connectivity index (χ1n) is 3.70. The van der Waals surface area contributed by atoms with Gasteiger partial charge < -0.3 is 4.74 Å². The summed E-state index contributed by atoms with van der Waals surface area (Å²) in [6.45, 7) is 1.21. The summed E-state index contributed by atoms with van der Waals surface area (Å²) in [6.07, 6.45) is -2.60. The summed E-state index contributed by atoms with van der Waals surface area (Å²) < 4.78 is 28.8. The van der Waals surface area contributed by atoms with Gasteiger partial charge >= 0.3 is 6.47 Å². The second-order valence-corrected chi connectivity index (χ2v) is 2.94. The average molecular weight is 220 g/mol. The van der Waals surface area contributed by atoms with Crippen molar-refractivity contribution >= 4 is 18.1 Å². The minimum atomic E-state index is -2.60. The molecule has 1 radical (unpaired) electrons. The molecule has 0 atom stereocenters. The summed E-state index contributed by atoms with van der Waals surface area (Å²) in [7, 11) is 0. The van der Waals surface area contributed by atoms with Gasteiger partial charge in [-0.3, -0.25) is 0 Å². The van der Waals surface area contributed by atoms with Gasteiger partial charge in [-0.25, -0.2) is 13.6 Å². The summed E-state index contributed by atoms with van der Waals surface area (Å²) in [6, 6.07) is 3.96. The molecule has 1 aromatic carbocycles. The second kappa shape index (κ2) is 4.91. The van der Waals surface area contributed by atoms with Crippen LogP contribution in [0.15, 0.2) is 18.2 Å². The van der Waals surface area contributed by atoms with E-state index in [4.69, 9.17) is 11.6 Å². The van der Waals surface area contributed by atoms with E-state index in [0.717, 1.165) is 0 Å². The predicted molar refractivity (Wildman–Crippen MR) is 46.9 cm³/mol. The highest BCUT2D eigenvalue weighted by Gasteiger charge is 2.11. The fourth-order valence-electron chi connectivity index (χ4n) is 0.950. The van der Waals surface area contributed by atoms with Gasteiger partial charge in [0.25, 0.3) is 6.43 Å². The van der Waals surface area contributed by atoms with E-state index >= 15 is 0 Å². The molecule has 0 saturated carbocycles. The minimum absolute atomic E-state index is 0.0211. The van der Waals surface area contributed by atoms with Gasteiger partial charge in [-0.15, -0.1) is 0 Å². The SMILES string of the molecule is O=[C]OCc1ccc(C(F)F)c(Cl)c1. The molecular weight excluding hydrogens is 214 g/mol. The molecule has 0 aliphatic rings. The standard InChI is InChI=1S/C9H6ClF2O2/c10-8-3-6(4-14-5-13)1-2-7(8)9(11)12/h1-3,9H,4H2. The molecular formula is C9H6ClF2O2. The maximum Gasteiger partial charge on any atom is 0.417 e. The van der Waals surface area contributed by atoms with Crippen molar-refractivity contribution in [2.24, 2.45) is 0 Å². The summed E-state index contributed by atoms with van der Waals surface area (Å²) in [5.74, 6) is 0. The molecule has 14 heavy (non-hydrogen) atoms. The van der Waals surface area contributed by atoms with Gasteiger partial charge in [0, 0.05) is 10.6 Å². The van der Waals surface area contributed by atoms with E-state index < -0.39 is 6.43 Å². The minimum Gasteiger partial charge on any atom is -0.452 e. The van der Waals surface area contributed by atoms with Crippen LogP contribution in [0.1, 0.15) is 17.6 Å². The fourth-order valence-corrected chi connectivity index (χ4v) is 1.24. The molecule has 0 amide bonds. The zero-order chi connectivity index (χ0) is 10.6. The van der Waals surface area contributed by atoms with Crippen LogP contribution in [-0.4, -0.2) is 6.47 Å². The Morgan fingerprint density at radius 2 is 2.21 bits per heavy atom. The molecule has 5 heteroatoms. The van der Waals surface area contributed by atoms with Gasteiger partial charge in [-0.2, -0.15) is 0 Å². The van der Waals surface area contributed by atoms with E-state index in [1.807, 2.05) is 0 Å². The Labute approximate surface area is 84.4 Å². The van der Waals surface area contributed by atoms with Gasteiger partial charge in [0.05, 0.1) is 0 Å². The molecule has 0 spiro atoms. The van der Waals surface area contributed by atoms with Crippen molar-refractivity contribution in [3.05, 3.63) is 34.3 Å². The highest BCUT2D eigenvalue weighted by Crippen LogP contribution is 2.27. The van der Waals surface area contributed by atoms with Crippen molar-refractivity contribution in [3.63, 3.8) is 0 Å². The average Bonchev–Trinajstić information content (AvgIpc) is 2.14. The largest absolute Gasteiger partial charge is 0.452 e. The van der Waals surface area contributed by atoms with Crippen molar-refractivity contribution in [3.8, 4) is 0 Å². The molecule has 0 fully saturated rings. The third-order valence-corrected chi connectivity index (χ3v) is 1.93. The van der Waals surface area contributed by atoms with Crippen LogP contribution in [0, 0.1) is 0 Å². The number of carbonyl (C=O) groups excluding carboxylic acids is 1. The van der Waals surface area contributed by atoms with Gasteiger partial charge in [0.2, 0.25) is 0 Å². The second-order valence-electron chi connectivity index (χ2n) is 2.53. The molecule has 1 rings (SSSR count). The van der Waals surface area contributed by atoms with Crippen LogP contribution in [-0.2, 0) is 16.1 Å². The summed E-state index contributed by atoms with van der Waals surface area (Å²) in [5.41, 5.74) is 0.313. The highest BCUT2D eigenvalue weighted by atomic mass is 35.5. The maximum absolute atomic E-state index is 12.2. The Balaban J connectivity index is 2.83. The van der Waals surface area contributed by atoms with Crippen molar-refractivity contribution in [2.45, 2.75) is 13.0 Å². The number of alkyl halides is 2. The van der Waals surface area contributed by atoms with Crippen LogP contribution in [0.5, 0.6) is 0 Å². The molecule has 75 valence electrons. The van der Waals surface area contributed by atoms with Crippen molar-refractivity contribution in [2.75, 3.05) is 0 Å². The number of rotatable bonds is 4. The summed E-state index contributed by atoms with van der Waals surface area (Å²) >= 11 is 5.57. The summed E-state index contributed by atoms with van der Waals surface area (Å²) in [4.78, 5) is 9.74. The normalized spacial score (nSPS) is 10.3. The zero-order valence-electron chi connectivity index (χ0n) is 6.97. The lowest BCUT2D eigenvalue weighted by Crippen LogP contribution is -1.92. The maximum atomic E-state index is 12.2. The first-order chi connectivity index (χ1) is 6.65. The Morgan fingerprint density at radius 1 is 1.50 bits per heavy atom. The first-order valence-corrected chi connectivity index (χ1v) is 4.08. The number of hydrogen-bond acceptors (Lipinski definition) is 2. The molecule has 0 N–H and O–H groups in total. The number of benzene rings is 1. The van der Waals surface area contributed by atoms with E-state index in [9.17, 15) is 13.6 Å². The molecule has 0 unspecified atom stereocenters. The van der Waals surface area contributed by atoms with Gasteiger partial charge in [-0.05, 0) is 11.6 Å².